The predicted octanol–water partition coefficient (Wildman–Crippen LogP) is 4.53. The molecule has 3 aliphatic rings. The van der Waals surface area contributed by atoms with Crippen molar-refractivity contribution in [3.8, 4) is 11.5 Å². The van der Waals surface area contributed by atoms with Crippen LogP contribution in [0.3, 0.4) is 0 Å². The van der Waals surface area contributed by atoms with E-state index in [0.29, 0.717) is 31.7 Å². The van der Waals surface area contributed by atoms with Crippen molar-refractivity contribution in [2.75, 3.05) is 43.6 Å². The molecular formula is C29H36N4O4S. The van der Waals surface area contributed by atoms with Gasteiger partial charge >= 0.3 is 0 Å². The van der Waals surface area contributed by atoms with Crippen LogP contribution in [0.2, 0.25) is 0 Å². The highest BCUT2D eigenvalue weighted by molar-refractivity contribution is 7.99. The summed E-state index contributed by atoms with van der Waals surface area (Å²) in [7, 11) is 1.65. The Bertz CT molecular complexity index is 1160. The first-order chi connectivity index (χ1) is 18.6. The number of anilines is 1. The van der Waals surface area contributed by atoms with Crippen LogP contribution in [0, 0.1) is 0 Å². The summed E-state index contributed by atoms with van der Waals surface area (Å²) in [6, 6.07) is 13.5. The third-order valence-electron chi connectivity index (χ3n) is 7.24. The van der Waals surface area contributed by atoms with E-state index < -0.39 is 0 Å². The molecule has 2 aromatic rings. The molecule has 0 aromatic heterocycles. The lowest BCUT2D eigenvalue weighted by molar-refractivity contribution is -0.132. The SMILES string of the molecule is COc1ccc(C2=NN(Cc3ccc(NC(=O)CN4CCSCC4)cc3)C(=O)CC2)cc1OC1CCCC1. The van der Waals surface area contributed by atoms with Crippen molar-refractivity contribution in [2.24, 2.45) is 5.10 Å². The van der Waals surface area contributed by atoms with Gasteiger partial charge in [0.2, 0.25) is 11.8 Å². The summed E-state index contributed by atoms with van der Waals surface area (Å²) in [4.78, 5) is 27.3. The molecule has 202 valence electrons. The minimum Gasteiger partial charge on any atom is -0.493 e. The van der Waals surface area contributed by atoms with Crippen LogP contribution in [-0.4, -0.2) is 71.8 Å². The first-order valence-electron chi connectivity index (χ1n) is 13.5. The Kier molecular flexibility index (Phi) is 8.86. The van der Waals surface area contributed by atoms with E-state index in [2.05, 4.69) is 10.2 Å². The van der Waals surface area contributed by atoms with E-state index in [4.69, 9.17) is 14.6 Å². The van der Waals surface area contributed by atoms with Gasteiger partial charge in [0.05, 0.1) is 32.0 Å². The number of hydrogen-bond donors (Lipinski definition) is 1. The number of benzene rings is 2. The lowest BCUT2D eigenvalue weighted by Gasteiger charge is -2.25. The molecule has 5 rings (SSSR count). The summed E-state index contributed by atoms with van der Waals surface area (Å²) in [6.45, 7) is 2.70. The maximum Gasteiger partial charge on any atom is 0.243 e. The minimum absolute atomic E-state index is 0.000807. The lowest BCUT2D eigenvalue weighted by atomic mass is 10.0. The van der Waals surface area contributed by atoms with Gasteiger partial charge < -0.3 is 14.8 Å². The quantitative estimate of drug-likeness (QED) is 0.507. The predicted molar refractivity (Wildman–Crippen MR) is 151 cm³/mol. The summed E-state index contributed by atoms with van der Waals surface area (Å²) < 4.78 is 11.8. The molecule has 2 heterocycles. The molecule has 9 heteroatoms. The molecule has 2 aliphatic heterocycles. The number of thioether (sulfide) groups is 1. The molecule has 1 saturated heterocycles. The molecule has 2 aromatic carbocycles. The summed E-state index contributed by atoms with van der Waals surface area (Å²) in [5.41, 5.74) is 3.52. The van der Waals surface area contributed by atoms with E-state index in [1.807, 2.05) is 54.2 Å². The maximum atomic E-state index is 12.7. The number of nitrogens with one attached hydrogen (secondary N) is 1. The summed E-state index contributed by atoms with van der Waals surface area (Å²) in [5, 5.41) is 9.24. The second kappa shape index (κ2) is 12.7. The Morgan fingerprint density at radius 3 is 2.55 bits per heavy atom. The molecular weight excluding hydrogens is 500 g/mol. The van der Waals surface area contributed by atoms with Crippen molar-refractivity contribution in [3.05, 3.63) is 53.6 Å². The molecule has 0 radical (unpaired) electrons. The zero-order valence-corrected chi connectivity index (χ0v) is 22.8. The van der Waals surface area contributed by atoms with E-state index in [1.54, 1.807) is 12.1 Å². The zero-order valence-electron chi connectivity index (χ0n) is 22.0. The van der Waals surface area contributed by atoms with Crippen molar-refractivity contribution in [1.82, 2.24) is 9.91 Å². The molecule has 38 heavy (non-hydrogen) atoms. The summed E-state index contributed by atoms with van der Waals surface area (Å²) >= 11 is 1.93. The van der Waals surface area contributed by atoms with Crippen molar-refractivity contribution in [1.29, 1.82) is 0 Å². The van der Waals surface area contributed by atoms with Gasteiger partial charge in [0.25, 0.3) is 0 Å². The number of rotatable bonds is 9. The number of ether oxygens (including phenoxy) is 2. The Hall–Kier alpha value is -3.04. The second-order valence-electron chi connectivity index (χ2n) is 10.0. The van der Waals surface area contributed by atoms with Gasteiger partial charge in [0.15, 0.2) is 11.5 Å². The second-order valence-corrected chi connectivity index (χ2v) is 11.2. The van der Waals surface area contributed by atoms with Crippen LogP contribution in [0.1, 0.15) is 49.7 Å². The normalized spacial score (nSPS) is 18.8. The van der Waals surface area contributed by atoms with Gasteiger partial charge in [0.1, 0.15) is 0 Å². The van der Waals surface area contributed by atoms with Crippen LogP contribution < -0.4 is 14.8 Å². The van der Waals surface area contributed by atoms with Crippen molar-refractivity contribution >= 4 is 35.0 Å². The molecule has 0 bridgehead atoms. The standard InChI is InChI=1S/C29H36N4O4S/c1-36-26-12-8-22(18-27(26)37-24-4-2-3-5-24)25-11-13-29(35)33(31-25)19-21-6-9-23(10-7-21)30-28(34)20-32-14-16-38-17-15-32/h6-10,12,18,24H,2-5,11,13-17,19-20H2,1H3,(H,30,34). The minimum atomic E-state index is 0.000807. The topological polar surface area (TPSA) is 83.5 Å². The molecule has 2 amide bonds. The first-order valence-corrected chi connectivity index (χ1v) is 14.6. The van der Waals surface area contributed by atoms with Crippen molar-refractivity contribution in [3.63, 3.8) is 0 Å². The Balaban J connectivity index is 1.23. The monoisotopic (exact) mass is 536 g/mol. The summed E-state index contributed by atoms with van der Waals surface area (Å²) in [5.74, 6) is 3.61. The number of nitrogens with zero attached hydrogens (tertiary/aromatic N) is 3. The lowest BCUT2D eigenvalue weighted by Crippen LogP contribution is -2.38. The van der Waals surface area contributed by atoms with Gasteiger partial charge in [0, 0.05) is 48.7 Å². The van der Waals surface area contributed by atoms with E-state index >= 15 is 0 Å². The highest BCUT2D eigenvalue weighted by Crippen LogP contribution is 2.33. The molecule has 8 nitrogen and oxygen atoms in total. The van der Waals surface area contributed by atoms with Gasteiger partial charge in [-0.2, -0.15) is 16.9 Å². The van der Waals surface area contributed by atoms with Crippen molar-refractivity contribution < 1.29 is 19.1 Å². The average molecular weight is 537 g/mol. The van der Waals surface area contributed by atoms with E-state index in [9.17, 15) is 9.59 Å². The van der Waals surface area contributed by atoms with Crippen LogP contribution in [0.4, 0.5) is 5.69 Å². The summed E-state index contributed by atoms with van der Waals surface area (Å²) in [6.07, 6.45) is 5.75. The molecule has 1 aliphatic carbocycles. The van der Waals surface area contributed by atoms with Crippen LogP contribution in [0.25, 0.3) is 0 Å². The largest absolute Gasteiger partial charge is 0.493 e. The molecule has 0 spiro atoms. The molecule has 0 unspecified atom stereocenters. The Morgan fingerprint density at radius 1 is 1.05 bits per heavy atom. The average Bonchev–Trinajstić information content (AvgIpc) is 3.45. The van der Waals surface area contributed by atoms with Crippen molar-refractivity contribution in [2.45, 2.75) is 51.2 Å². The maximum absolute atomic E-state index is 12.7. The van der Waals surface area contributed by atoms with Crippen LogP contribution >= 0.6 is 11.8 Å². The number of hydrogen-bond acceptors (Lipinski definition) is 7. The smallest absolute Gasteiger partial charge is 0.243 e. The number of methoxy groups -OCH3 is 1. The highest BCUT2D eigenvalue weighted by Gasteiger charge is 2.24. The first kappa shape index (κ1) is 26.6. The van der Waals surface area contributed by atoms with Gasteiger partial charge in [-0.15, -0.1) is 0 Å². The highest BCUT2D eigenvalue weighted by atomic mass is 32.2. The number of amides is 2. The third-order valence-corrected chi connectivity index (χ3v) is 8.18. The van der Waals surface area contributed by atoms with Crippen LogP contribution in [0.15, 0.2) is 47.6 Å². The molecule has 1 saturated carbocycles. The fourth-order valence-electron chi connectivity index (χ4n) is 5.09. The molecule has 0 atom stereocenters. The van der Waals surface area contributed by atoms with Crippen LogP contribution in [-0.2, 0) is 16.1 Å². The van der Waals surface area contributed by atoms with Crippen LogP contribution in [0.5, 0.6) is 11.5 Å². The third kappa shape index (κ3) is 6.88. The van der Waals surface area contributed by atoms with E-state index in [-0.39, 0.29) is 17.9 Å². The van der Waals surface area contributed by atoms with E-state index in [0.717, 1.165) is 65.7 Å². The zero-order chi connectivity index (χ0) is 26.3. The fourth-order valence-corrected chi connectivity index (χ4v) is 6.07. The Morgan fingerprint density at radius 2 is 1.82 bits per heavy atom. The molecule has 2 fully saturated rings. The van der Waals surface area contributed by atoms with Gasteiger partial charge in [-0.05, 0) is 61.6 Å². The number of hydrazone groups is 1. The van der Waals surface area contributed by atoms with Gasteiger partial charge in [-0.3, -0.25) is 14.5 Å². The fraction of sp³-hybridized carbons (Fsp3) is 0.483. The van der Waals surface area contributed by atoms with Gasteiger partial charge in [-0.25, -0.2) is 5.01 Å². The van der Waals surface area contributed by atoms with E-state index in [1.165, 1.54) is 12.8 Å². The Labute approximate surface area is 228 Å². The number of carbonyl (C=O) groups excluding carboxylic acids is 2. The molecule has 1 N–H and O–H groups in total. The van der Waals surface area contributed by atoms with Gasteiger partial charge in [-0.1, -0.05) is 12.1 Å². The number of carbonyl (C=O) groups is 2.